The SMILES string of the molecule is CC1CC=CC(C2=CNC(=NCC3CCN(C(=O)C4C=NC=CC4C)CC3)CC2)=C1C(F)(F)F. The zero-order valence-electron chi connectivity index (χ0n) is 19.8. The van der Waals surface area contributed by atoms with Gasteiger partial charge in [0.25, 0.3) is 0 Å². The van der Waals surface area contributed by atoms with Crippen LogP contribution in [-0.2, 0) is 4.79 Å². The summed E-state index contributed by atoms with van der Waals surface area (Å²) in [6.07, 6.45) is 9.65. The minimum absolute atomic E-state index is 0.149. The van der Waals surface area contributed by atoms with Gasteiger partial charge in [0.1, 0.15) is 5.84 Å². The Balaban J connectivity index is 1.30. The number of amidine groups is 1. The minimum atomic E-state index is -4.32. The van der Waals surface area contributed by atoms with Gasteiger partial charge in [0.05, 0.1) is 5.92 Å². The van der Waals surface area contributed by atoms with Gasteiger partial charge in [-0.1, -0.05) is 32.1 Å². The monoisotopic (exact) mass is 474 g/mol. The highest BCUT2D eigenvalue weighted by Gasteiger charge is 2.40. The minimum Gasteiger partial charge on any atom is -0.350 e. The van der Waals surface area contributed by atoms with Crippen LogP contribution in [0.3, 0.4) is 0 Å². The summed E-state index contributed by atoms with van der Waals surface area (Å²) >= 11 is 0. The number of carbonyl (C=O) groups excluding carboxylic acids is 1. The summed E-state index contributed by atoms with van der Waals surface area (Å²) in [5.41, 5.74) is 0.577. The Bertz CT molecular complexity index is 965. The smallest absolute Gasteiger partial charge is 0.350 e. The Kier molecular flexibility index (Phi) is 7.43. The van der Waals surface area contributed by atoms with Gasteiger partial charge >= 0.3 is 6.18 Å². The molecule has 184 valence electrons. The average molecular weight is 475 g/mol. The van der Waals surface area contributed by atoms with Gasteiger partial charge in [0.2, 0.25) is 5.91 Å². The number of hydrogen-bond donors (Lipinski definition) is 1. The predicted octanol–water partition coefficient (Wildman–Crippen LogP) is 5.20. The van der Waals surface area contributed by atoms with Gasteiger partial charge in [-0.3, -0.25) is 14.8 Å². The number of likely N-dealkylation sites (tertiary alicyclic amines) is 1. The third kappa shape index (κ3) is 5.53. The molecule has 0 saturated carbocycles. The van der Waals surface area contributed by atoms with Crippen LogP contribution in [0.4, 0.5) is 13.2 Å². The second-order valence-electron chi connectivity index (χ2n) is 9.76. The van der Waals surface area contributed by atoms with Crippen molar-refractivity contribution < 1.29 is 18.0 Å². The van der Waals surface area contributed by atoms with E-state index in [1.807, 2.05) is 24.0 Å². The maximum Gasteiger partial charge on any atom is 0.413 e. The molecule has 3 unspecified atom stereocenters. The molecule has 0 bridgehead atoms. The van der Waals surface area contributed by atoms with Gasteiger partial charge in [-0.05, 0) is 54.6 Å². The molecule has 1 saturated heterocycles. The second kappa shape index (κ2) is 10.3. The van der Waals surface area contributed by atoms with Crippen molar-refractivity contribution in [2.45, 2.75) is 52.1 Å². The van der Waals surface area contributed by atoms with E-state index in [0.29, 0.717) is 42.9 Å². The molecule has 0 aromatic heterocycles. The Morgan fingerprint density at radius 2 is 2.00 bits per heavy atom. The van der Waals surface area contributed by atoms with E-state index >= 15 is 0 Å². The zero-order valence-corrected chi connectivity index (χ0v) is 19.8. The van der Waals surface area contributed by atoms with Gasteiger partial charge in [-0.15, -0.1) is 0 Å². The normalized spacial score (nSPS) is 29.4. The third-order valence-electron chi connectivity index (χ3n) is 7.29. The number of hydrogen-bond acceptors (Lipinski definition) is 3. The molecule has 0 spiro atoms. The highest BCUT2D eigenvalue weighted by Crippen LogP contribution is 2.41. The number of nitrogens with zero attached hydrogens (tertiary/aromatic N) is 3. The van der Waals surface area contributed by atoms with Gasteiger partial charge in [0, 0.05) is 50.2 Å². The molecule has 8 heteroatoms. The largest absolute Gasteiger partial charge is 0.413 e. The van der Waals surface area contributed by atoms with E-state index in [2.05, 4.69) is 10.3 Å². The maximum absolute atomic E-state index is 13.6. The third-order valence-corrected chi connectivity index (χ3v) is 7.29. The van der Waals surface area contributed by atoms with Crippen LogP contribution in [-0.4, -0.2) is 48.7 Å². The highest BCUT2D eigenvalue weighted by molar-refractivity contribution is 5.94. The fraction of sp³-hybridized carbons (Fsp3) is 0.577. The quantitative estimate of drug-likeness (QED) is 0.609. The standard InChI is InChI=1S/C26H33F3N4O/c1-17-8-11-30-16-22(17)25(34)33-12-9-19(10-13-33)14-31-23-7-6-20(15-32-23)21-5-3-4-18(2)24(21)26(27,28)29/h3,5,8,11,15-19,22H,4,6-7,9-10,12-14H2,1-2H3,(H,31,32). The molecule has 34 heavy (non-hydrogen) atoms. The van der Waals surface area contributed by atoms with E-state index in [4.69, 9.17) is 4.99 Å². The van der Waals surface area contributed by atoms with Crippen molar-refractivity contribution in [1.82, 2.24) is 10.2 Å². The highest BCUT2D eigenvalue weighted by atomic mass is 19.4. The van der Waals surface area contributed by atoms with Crippen LogP contribution in [0.5, 0.6) is 0 Å². The summed E-state index contributed by atoms with van der Waals surface area (Å²) in [5, 5.41) is 3.13. The summed E-state index contributed by atoms with van der Waals surface area (Å²) in [7, 11) is 0. The molecule has 3 atom stereocenters. The lowest BCUT2D eigenvalue weighted by Crippen LogP contribution is -2.44. The Morgan fingerprint density at radius 1 is 1.24 bits per heavy atom. The molecule has 1 amide bonds. The van der Waals surface area contributed by atoms with Crippen molar-refractivity contribution in [2.75, 3.05) is 19.6 Å². The lowest BCUT2D eigenvalue weighted by Gasteiger charge is -2.34. The first-order valence-electron chi connectivity index (χ1n) is 12.2. The summed E-state index contributed by atoms with van der Waals surface area (Å²) in [6.45, 7) is 5.80. The van der Waals surface area contributed by atoms with Crippen molar-refractivity contribution in [3.05, 3.63) is 47.3 Å². The number of halogens is 3. The Morgan fingerprint density at radius 3 is 2.65 bits per heavy atom. The number of rotatable bonds is 4. The molecule has 0 aromatic carbocycles. The van der Waals surface area contributed by atoms with Crippen molar-refractivity contribution >= 4 is 18.0 Å². The van der Waals surface area contributed by atoms with Crippen LogP contribution in [0.1, 0.15) is 46.0 Å². The van der Waals surface area contributed by atoms with Crippen LogP contribution >= 0.6 is 0 Å². The molecular weight excluding hydrogens is 441 g/mol. The van der Waals surface area contributed by atoms with Gasteiger partial charge in [0.15, 0.2) is 0 Å². The van der Waals surface area contributed by atoms with Crippen molar-refractivity contribution in [3.63, 3.8) is 0 Å². The van der Waals surface area contributed by atoms with E-state index in [-0.39, 0.29) is 17.7 Å². The van der Waals surface area contributed by atoms with Crippen molar-refractivity contribution in [3.8, 4) is 0 Å². The van der Waals surface area contributed by atoms with E-state index in [9.17, 15) is 18.0 Å². The molecule has 1 fully saturated rings. The van der Waals surface area contributed by atoms with Crippen LogP contribution < -0.4 is 5.32 Å². The topological polar surface area (TPSA) is 57.1 Å². The van der Waals surface area contributed by atoms with E-state index in [1.165, 1.54) is 0 Å². The van der Waals surface area contributed by atoms with Gasteiger partial charge in [-0.2, -0.15) is 13.2 Å². The second-order valence-corrected chi connectivity index (χ2v) is 9.76. The van der Waals surface area contributed by atoms with E-state index in [0.717, 1.165) is 31.8 Å². The molecule has 5 nitrogen and oxygen atoms in total. The summed E-state index contributed by atoms with van der Waals surface area (Å²) in [4.78, 5) is 23.6. The first-order valence-corrected chi connectivity index (χ1v) is 12.2. The summed E-state index contributed by atoms with van der Waals surface area (Å²) in [5.74, 6) is 0.837. The fourth-order valence-electron chi connectivity index (χ4n) is 5.14. The zero-order chi connectivity index (χ0) is 24.3. The van der Waals surface area contributed by atoms with Crippen LogP contribution in [0.2, 0.25) is 0 Å². The molecule has 3 aliphatic heterocycles. The van der Waals surface area contributed by atoms with Crippen LogP contribution in [0, 0.1) is 23.7 Å². The van der Waals surface area contributed by atoms with Gasteiger partial charge < -0.3 is 10.2 Å². The fourth-order valence-corrected chi connectivity index (χ4v) is 5.14. The van der Waals surface area contributed by atoms with Crippen molar-refractivity contribution in [2.24, 2.45) is 33.7 Å². The Hall–Kier alpha value is -2.64. The molecule has 1 N–H and O–H groups in total. The molecule has 0 aromatic rings. The average Bonchev–Trinajstić information content (AvgIpc) is 2.82. The Labute approximate surface area is 199 Å². The number of allylic oxidation sites excluding steroid dienone is 6. The lowest BCUT2D eigenvalue weighted by atomic mass is 9.83. The lowest BCUT2D eigenvalue weighted by molar-refractivity contribution is -0.135. The van der Waals surface area contributed by atoms with E-state index < -0.39 is 17.7 Å². The number of amides is 1. The molecule has 4 aliphatic rings. The first-order chi connectivity index (χ1) is 16.2. The maximum atomic E-state index is 13.6. The van der Waals surface area contributed by atoms with Gasteiger partial charge in [-0.25, -0.2) is 0 Å². The number of alkyl halides is 3. The molecule has 3 heterocycles. The summed E-state index contributed by atoms with van der Waals surface area (Å²) < 4.78 is 40.8. The number of aliphatic imine (C=N–C) groups is 2. The molecular formula is C26H33F3N4O. The number of nitrogens with one attached hydrogen (secondary N) is 1. The van der Waals surface area contributed by atoms with Crippen LogP contribution in [0.15, 0.2) is 57.3 Å². The first kappa shape index (κ1) is 24.5. The molecule has 1 aliphatic carbocycles. The predicted molar refractivity (Wildman–Crippen MR) is 128 cm³/mol. The van der Waals surface area contributed by atoms with E-state index in [1.54, 1.807) is 31.6 Å². The summed E-state index contributed by atoms with van der Waals surface area (Å²) in [6, 6.07) is 0. The number of carbonyl (C=O) groups is 1. The van der Waals surface area contributed by atoms with Crippen LogP contribution in [0.25, 0.3) is 0 Å². The number of piperidine rings is 1. The molecule has 4 rings (SSSR count). The van der Waals surface area contributed by atoms with Crippen molar-refractivity contribution in [1.29, 1.82) is 0 Å². The molecule has 0 radical (unpaired) electrons.